The average Bonchev–Trinajstić information content (AvgIpc) is 2.85. The first-order chi connectivity index (χ1) is 12.0. The summed E-state index contributed by atoms with van der Waals surface area (Å²) in [6, 6.07) is 16.3. The highest BCUT2D eigenvalue weighted by Gasteiger charge is 2.50. The van der Waals surface area contributed by atoms with Crippen LogP contribution in [0.3, 0.4) is 0 Å². The fourth-order valence-electron chi connectivity index (χ4n) is 4.54. The number of amides is 2. The average molecular weight is 333 g/mol. The van der Waals surface area contributed by atoms with Crippen LogP contribution in [0.4, 0.5) is 5.69 Å². The molecule has 1 aliphatic carbocycles. The maximum absolute atomic E-state index is 13.1. The molecule has 3 atom stereocenters. The number of imide groups is 1. The van der Waals surface area contributed by atoms with Crippen LogP contribution in [0.2, 0.25) is 0 Å². The summed E-state index contributed by atoms with van der Waals surface area (Å²) in [6.07, 6.45) is 2.56. The number of anilines is 1. The van der Waals surface area contributed by atoms with Crippen LogP contribution in [0, 0.1) is 25.7 Å². The lowest BCUT2D eigenvalue weighted by molar-refractivity contribution is -0.122. The number of carbonyl (C=O) groups is 2. The minimum Gasteiger partial charge on any atom is -0.274 e. The van der Waals surface area contributed by atoms with E-state index < -0.39 is 0 Å². The van der Waals surface area contributed by atoms with Gasteiger partial charge in [0.2, 0.25) is 11.8 Å². The van der Waals surface area contributed by atoms with E-state index in [9.17, 15) is 9.59 Å². The van der Waals surface area contributed by atoms with E-state index in [1.54, 1.807) is 0 Å². The number of fused-ring (bicyclic) bond motifs is 1. The van der Waals surface area contributed by atoms with Crippen molar-refractivity contribution in [2.24, 2.45) is 11.8 Å². The van der Waals surface area contributed by atoms with E-state index in [0.717, 1.165) is 36.1 Å². The molecule has 128 valence electrons. The van der Waals surface area contributed by atoms with Crippen molar-refractivity contribution in [3.63, 3.8) is 0 Å². The highest BCUT2D eigenvalue weighted by atomic mass is 16.2. The van der Waals surface area contributed by atoms with Crippen molar-refractivity contribution in [2.75, 3.05) is 4.90 Å². The Morgan fingerprint density at radius 3 is 2.16 bits per heavy atom. The molecule has 1 aliphatic heterocycles. The van der Waals surface area contributed by atoms with Crippen molar-refractivity contribution in [1.29, 1.82) is 0 Å². The third kappa shape index (κ3) is 2.78. The minimum absolute atomic E-state index is 0.00786. The third-order valence-corrected chi connectivity index (χ3v) is 5.66. The molecule has 3 nitrogen and oxygen atoms in total. The van der Waals surface area contributed by atoms with E-state index >= 15 is 0 Å². The smallest absolute Gasteiger partial charge is 0.237 e. The molecule has 4 rings (SSSR count). The van der Waals surface area contributed by atoms with Crippen LogP contribution < -0.4 is 4.90 Å². The summed E-state index contributed by atoms with van der Waals surface area (Å²) >= 11 is 0. The highest BCUT2D eigenvalue weighted by molar-refractivity contribution is 6.22. The molecule has 0 aromatic heterocycles. The Bertz CT molecular complexity index is 807. The second kappa shape index (κ2) is 6.14. The molecule has 2 aliphatic rings. The van der Waals surface area contributed by atoms with E-state index in [1.807, 2.05) is 44.2 Å². The number of benzene rings is 2. The predicted octanol–water partition coefficient (Wildman–Crippen LogP) is 4.38. The van der Waals surface area contributed by atoms with E-state index in [1.165, 1.54) is 10.5 Å². The van der Waals surface area contributed by atoms with E-state index in [4.69, 9.17) is 0 Å². The van der Waals surface area contributed by atoms with Crippen LogP contribution in [0.25, 0.3) is 0 Å². The number of rotatable bonds is 2. The van der Waals surface area contributed by atoms with Crippen LogP contribution in [0.15, 0.2) is 48.5 Å². The zero-order valence-corrected chi connectivity index (χ0v) is 14.7. The SMILES string of the molecule is Cc1cc(C)cc(N2C(=O)C3CCC(c4ccccc4)CC3C2=O)c1. The summed E-state index contributed by atoms with van der Waals surface area (Å²) in [5, 5.41) is 0. The zero-order chi connectivity index (χ0) is 17.6. The quantitative estimate of drug-likeness (QED) is 0.765. The monoisotopic (exact) mass is 333 g/mol. The summed E-state index contributed by atoms with van der Waals surface area (Å²) in [4.78, 5) is 27.4. The van der Waals surface area contributed by atoms with Gasteiger partial charge in [-0.2, -0.15) is 0 Å². The number of carbonyl (C=O) groups excluding carboxylic acids is 2. The molecule has 0 N–H and O–H groups in total. The molecule has 3 heteroatoms. The maximum atomic E-state index is 13.1. The molecule has 2 fully saturated rings. The fourth-order valence-corrected chi connectivity index (χ4v) is 4.54. The van der Waals surface area contributed by atoms with Gasteiger partial charge in [-0.3, -0.25) is 14.5 Å². The molecule has 25 heavy (non-hydrogen) atoms. The Balaban J connectivity index is 1.63. The molecule has 0 bridgehead atoms. The lowest BCUT2D eigenvalue weighted by atomic mass is 9.73. The second-order valence-corrected chi connectivity index (χ2v) is 7.49. The van der Waals surface area contributed by atoms with Crippen molar-refractivity contribution in [2.45, 2.75) is 39.0 Å². The van der Waals surface area contributed by atoms with Gasteiger partial charge in [0.25, 0.3) is 0 Å². The normalized spacial score (nSPS) is 26.0. The molecular weight excluding hydrogens is 310 g/mol. The van der Waals surface area contributed by atoms with Gasteiger partial charge in [0.15, 0.2) is 0 Å². The van der Waals surface area contributed by atoms with Gasteiger partial charge in [-0.15, -0.1) is 0 Å². The van der Waals surface area contributed by atoms with Crippen LogP contribution in [-0.4, -0.2) is 11.8 Å². The molecule has 2 aromatic carbocycles. The Hall–Kier alpha value is -2.42. The van der Waals surface area contributed by atoms with E-state index in [2.05, 4.69) is 18.2 Å². The van der Waals surface area contributed by atoms with Gasteiger partial charge in [0.05, 0.1) is 17.5 Å². The number of nitrogens with zero attached hydrogens (tertiary/aromatic N) is 1. The molecule has 1 heterocycles. The molecule has 1 saturated carbocycles. The van der Waals surface area contributed by atoms with Gasteiger partial charge in [-0.05, 0) is 67.9 Å². The highest BCUT2D eigenvalue weighted by Crippen LogP contribution is 2.45. The van der Waals surface area contributed by atoms with Gasteiger partial charge in [-0.1, -0.05) is 36.4 Å². The fraction of sp³-hybridized carbons (Fsp3) is 0.364. The lowest BCUT2D eigenvalue weighted by Crippen LogP contribution is -2.31. The standard InChI is InChI=1S/C22H23NO2/c1-14-10-15(2)12-18(11-14)23-21(24)19-9-8-17(13-20(19)22(23)25)16-6-4-3-5-7-16/h3-7,10-12,17,19-20H,8-9,13H2,1-2H3. The van der Waals surface area contributed by atoms with Crippen molar-refractivity contribution in [3.05, 3.63) is 65.2 Å². The summed E-state index contributed by atoms with van der Waals surface area (Å²) in [5.74, 6) is 0.0334. The molecule has 0 spiro atoms. The van der Waals surface area contributed by atoms with E-state index in [-0.39, 0.29) is 23.7 Å². The summed E-state index contributed by atoms with van der Waals surface area (Å²) in [5.41, 5.74) is 4.17. The van der Waals surface area contributed by atoms with Gasteiger partial charge in [0, 0.05) is 0 Å². The molecule has 2 aromatic rings. The molecule has 3 unspecified atom stereocenters. The van der Waals surface area contributed by atoms with Crippen molar-refractivity contribution in [1.82, 2.24) is 0 Å². The number of hydrogen-bond donors (Lipinski definition) is 0. The Morgan fingerprint density at radius 1 is 0.840 bits per heavy atom. The summed E-state index contributed by atoms with van der Waals surface area (Å²) in [7, 11) is 0. The molecule has 1 saturated heterocycles. The molecule has 0 radical (unpaired) electrons. The van der Waals surface area contributed by atoms with Crippen LogP contribution in [0.1, 0.15) is 41.9 Å². The van der Waals surface area contributed by atoms with Gasteiger partial charge >= 0.3 is 0 Å². The Labute approximate surface area is 148 Å². The number of hydrogen-bond acceptors (Lipinski definition) is 2. The molecular formula is C22H23NO2. The van der Waals surface area contributed by atoms with Crippen LogP contribution >= 0.6 is 0 Å². The Kier molecular flexibility index (Phi) is 3.95. The van der Waals surface area contributed by atoms with Crippen LogP contribution in [-0.2, 0) is 9.59 Å². The van der Waals surface area contributed by atoms with Gasteiger partial charge < -0.3 is 0 Å². The minimum atomic E-state index is -0.174. The third-order valence-electron chi connectivity index (χ3n) is 5.66. The maximum Gasteiger partial charge on any atom is 0.237 e. The van der Waals surface area contributed by atoms with Crippen LogP contribution in [0.5, 0.6) is 0 Å². The van der Waals surface area contributed by atoms with Crippen molar-refractivity contribution >= 4 is 17.5 Å². The topological polar surface area (TPSA) is 37.4 Å². The largest absolute Gasteiger partial charge is 0.274 e. The zero-order valence-electron chi connectivity index (χ0n) is 14.7. The first-order valence-corrected chi connectivity index (χ1v) is 9.05. The summed E-state index contributed by atoms with van der Waals surface area (Å²) in [6.45, 7) is 4.00. The van der Waals surface area contributed by atoms with E-state index in [0.29, 0.717) is 5.92 Å². The van der Waals surface area contributed by atoms with Crippen molar-refractivity contribution < 1.29 is 9.59 Å². The van der Waals surface area contributed by atoms with Gasteiger partial charge in [0.1, 0.15) is 0 Å². The first-order valence-electron chi connectivity index (χ1n) is 9.05. The lowest BCUT2D eigenvalue weighted by Gasteiger charge is -2.28. The summed E-state index contributed by atoms with van der Waals surface area (Å²) < 4.78 is 0. The first kappa shape index (κ1) is 16.1. The predicted molar refractivity (Wildman–Crippen MR) is 98.4 cm³/mol. The Morgan fingerprint density at radius 2 is 1.48 bits per heavy atom. The molecule has 2 amide bonds. The number of aryl methyl sites for hydroxylation is 2. The van der Waals surface area contributed by atoms with Crippen molar-refractivity contribution in [3.8, 4) is 0 Å². The second-order valence-electron chi connectivity index (χ2n) is 7.49. The van der Waals surface area contributed by atoms with Gasteiger partial charge in [-0.25, -0.2) is 0 Å².